The zero-order valence-corrected chi connectivity index (χ0v) is 78.9. The molecule has 3 heteroatoms. The monoisotopic (exact) mass is 1840 g/mol. The zero-order valence-electron chi connectivity index (χ0n) is 78.9. The molecule has 145 heavy (non-hydrogen) atoms. The lowest BCUT2D eigenvalue weighted by Crippen LogP contribution is -1.93. The van der Waals surface area contributed by atoms with Gasteiger partial charge in [0.25, 0.3) is 0 Å². The fourth-order valence-corrected chi connectivity index (χ4v) is 24.4. The summed E-state index contributed by atoms with van der Waals surface area (Å²) in [7, 11) is 0. The van der Waals surface area contributed by atoms with Crippen LogP contribution >= 0.6 is 0 Å². The summed E-state index contributed by atoms with van der Waals surface area (Å²) in [6.07, 6.45) is 0. The SMILES string of the molecule is c1ccc(-c2cc(-c3c4ccccc4c(-c4cc5ccccc5c5ccccc45)c4ccccc34)c3c(c2)oc2ccccc23)cc1.c1ccc(-c2ccc(-c3c4ccccc4c(-c4cc5ccccc5c5ccccc45)c4ccccc34)c3c2oc2ccccc23)cc1.c1ccc2c(-c3cccc4c3oc3cccc(-c5c6ccccc6c(-c6cc7ccccc7c7ccccc67)c6ccccc56)c34)cccc2c1. The summed E-state index contributed by atoms with van der Waals surface area (Å²) >= 11 is 0. The molecule has 0 aliphatic heterocycles. The third-order valence-electron chi connectivity index (χ3n) is 30.5. The van der Waals surface area contributed by atoms with Crippen LogP contribution in [0.25, 0.3) is 306 Å². The van der Waals surface area contributed by atoms with Crippen LogP contribution in [0.3, 0.4) is 0 Å². The predicted molar refractivity (Wildman–Crippen MR) is 618 cm³/mol. The molecular weight excluding hydrogens is 1750 g/mol. The van der Waals surface area contributed by atoms with Crippen molar-refractivity contribution in [3.05, 3.63) is 522 Å². The van der Waals surface area contributed by atoms with Crippen molar-refractivity contribution in [2.24, 2.45) is 0 Å². The maximum Gasteiger partial charge on any atom is 0.143 e. The van der Waals surface area contributed by atoms with E-state index in [-0.39, 0.29) is 0 Å². The van der Waals surface area contributed by atoms with Gasteiger partial charge in [-0.15, -0.1) is 0 Å². The highest BCUT2D eigenvalue weighted by atomic mass is 16.3. The molecule has 0 atom stereocenters. The minimum Gasteiger partial charge on any atom is -0.456 e. The van der Waals surface area contributed by atoms with E-state index in [1.807, 2.05) is 0 Å². The van der Waals surface area contributed by atoms with Gasteiger partial charge in [0.2, 0.25) is 0 Å². The predicted octanol–water partition coefficient (Wildman–Crippen LogP) is 40.8. The van der Waals surface area contributed by atoms with Crippen molar-refractivity contribution in [3.63, 3.8) is 0 Å². The van der Waals surface area contributed by atoms with Gasteiger partial charge in [0, 0.05) is 43.4 Å². The largest absolute Gasteiger partial charge is 0.456 e. The van der Waals surface area contributed by atoms with Crippen LogP contribution in [-0.2, 0) is 0 Å². The van der Waals surface area contributed by atoms with Gasteiger partial charge in [-0.25, -0.2) is 0 Å². The molecule has 0 spiro atoms. The normalized spacial score (nSPS) is 11.9. The van der Waals surface area contributed by atoms with Crippen LogP contribution in [0.5, 0.6) is 0 Å². The number of furan rings is 3. The average Bonchev–Trinajstić information content (AvgIpc) is 1.33. The number of benzene rings is 28. The maximum atomic E-state index is 6.86. The van der Waals surface area contributed by atoms with Gasteiger partial charge < -0.3 is 13.3 Å². The van der Waals surface area contributed by atoms with E-state index in [1.165, 1.54) is 218 Å². The highest BCUT2D eigenvalue weighted by molar-refractivity contribution is 6.34. The smallest absolute Gasteiger partial charge is 0.143 e. The van der Waals surface area contributed by atoms with Gasteiger partial charge in [0.05, 0.1) is 0 Å². The zero-order chi connectivity index (χ0) is 95.3. The second-order valence-electron chi connectivity index (χ2n) is 38.3. The molecule has 0 bridgehead atoms. The number of rotatable bonds is 9. The lowest BCUT2D eigenvalue weighted by Gasteiger charge is -2.20. The maximum absolute atomic E-state index is 6.86. The molecule has 0 fully saturated rings. The van der Waals surface area contributed by atoms with E-state index in [4.69, 9.17) is 13.3 Å². The Morgan fingerprint density at radius 3 is 0.828 bits per heavy atom. The molecule has 0 saturated carbocycles. The van der Waals surface area contributed by atoms with Crippen molar-refractivity contribution in [2.45, 2.75) is 0 Å². The van der Waals surface area contributed by atoms with Gasteiger partial charge in [-0.1, -0.05) is 467 Å². The summed E-state index contributed by atoms with van der Waals surface area (Å²) in [6.45, 7) is 0. The van der Waals surface area contributed by atoms with E-state index >= 15 is 0 Å². The summed E-state index contributed by atoms with van der Waals surface area (Å²) < 4.78 is 20.1. The standard InChI is InChI=1S/C50H30O.2C46H28O/c1-3-17-33-31(14-1)16-11-25-36(33)42-26-12-28-44-49-43(27-13-29-46(49)51-50(42)44)47-38-21-7-9-23-40(38)48(41-24-10-8-22-39(41)47)45-30-32-15-2-4-18-34(32)35-19-5-6-20-37(35)45;1-2-14-29(15-3-1)31-27-41(46-39-24-12-13-25-42(39)47-43(46)28-31)45-37-22-10-8-20-35(37)44(36-21-9-11-23-38(36)45)40-26-30-16-4-5-17-32(30)33-18-6-7-19-34(33)40;1-2-14-29(15-3-1)32-26-27-40(45-39-24-12-13-25-42(39)47-46(32)45)43-35-20-8-10-22-37(35)44(38-23-11-9-21-36(38)43)41-28-30-16-4-5-17-31(30)33-18-6-7-19-34(33)41/h1-30H;2*1-28H. The third-order valence-corrected chi connectivity index (χ3v) is 30.5. The highest BCUT2D eigenvalue weighted by Crippen LogP contribution is 2.56. The van der Waals surface area contributed by atoms with Crippen molar-refractivity contribution >= 4 is 206 Å². The second kappa shape index (κ2) is 33.9. The van der Waals surface area contributed by atoms with Crippen molar-refractivity contribution < 1.29 is 13.3 Å². The molecule has 0 N–H and O–H groups in total. The molecule has 3 heterocycles. The summed E-state index contributed by atoms with van der Waals surface area (Å²) in [4.78, 5) is 0. The van der Waals surface area contributed by atoms with Gasteiger partial charge in [-0.3, -0.25) is 0 Å². The Morgan fingerprint density at radius 2 is 0.379 bits per heavy atom. The van der Waals surface area contributed by atoms with E-state index in [1.54, 1.807) is 0 Å². The molecule has 0 amide bonds. The van der Waals surface area contributed by atoms with Gasteiger partial charge in [-0.2, -0.15) is 0 Å². The van der Waals surface area contributed by atoms with Crippen LogP contribution in [-0.4, -0.2) is 0 Å². The van der Waals surface area contributed by atoms with Gasteiger partial charge in [-0.05, 0) is 284 Å². The molecule has 0 aliphatic rings. The summed E-state index contributed by atoms with van der Waals surface area (Å²) in [5, 5.41) is 39.4. The Labute approximate surface area is 834 Å². The quantitative estimate of drug-likeness (QED) is 0.107. The van der Waals surface area contributed by atoms with E-state index in [0.29, 0.717) is 0 Å². The topological polar surface area (TPSA) is 39.4 Å². The minimum atomic E-state index is 0.896. The van der Waals surface area contributed by atoms with Crippen molar-refractivity contribution in [1.29, 1.82) is 0 Å². The van der Waals surface area contributed by atoms with Crippen molar-refractivity contribution in [2.75, 3.05) is 0 Å². The molecule has 0 aliphatic carbocycles. The number of hydrogen-bond acceptors (Lipinski definition) is 3. The molecular formula is C142H86O3. The van der Waals surface area contributed by atoms with Crippen LogP contribution in [0.2, 0.25) is 0 Å². The molecule has 0 radical (unpaired) electrons. The average molecular weight is 1840 g/mol. The summed E-state index contributed by atoms with van der Waals surface area (Å²) in [5.74, 6) is 0. The Balaban J connectivity index is 0.000000103. The number of hydrogen-bond donors (Lipinski definition) is 0. The third kappa shape index (κ3) is 13.3. The Bertz CT molecular complexity index is 10600. The van der Waals surface area contributed by atoms with Crippen molar-refractivity contribution in [1.82, 2.24) is 0 Å². The van der Waals surface area contributed by atoms with E-state index in [2.05, 4.69) is 522 Å². The molecule has 31 aromatic rings. The fraction of sp³-hybridized carbons (Fsp3) is 0. The Hall–Kier alpha value is -19.1. The van der Waals surface area contributed by atoms with Crippen LogP contribution in [0, 0.1) is 0 Å². The first-order chi connectivity index (χ1) is 72.0. The lowest BCUT2D eigenvalue weighted by molar-refractivity contribution is 0.669. The first kappa shape index (κ1) is 83.0. The highest BCUT2D eigenvalue weighted by Gasteiger charge is 2.29. The Kier molecular flexibility index (Phi) is 19.4. The first-order valence-electron chi connectivity index (χ1n) is 50.0. The second-order valence-corrected chi connectivity index (χ2v) is 38.3. The molecule has 672 valence electrons. The Morgan fingerprint density at radius 1 is 0.103 bits per heavy atom. The number of para-hydroxylation sites is 3. The number of fused-ring (bicyclic) bond motifs is 25. The van der Waals surface area contributed by atoms with E-state index < -0.39 is 0 Å². The van der Waals surface area contributed by atoms with Crippen molar-refractivity contribution in [3.8, 4) is 100 Å². The van der Waals surface area contributed by atoms with Gasteiger partial charge >= 0.3 is 0 Å². The fourth-order valence-electron chi connectivity index (χ4n) is 24.4. The van der Waals surface area contributed by atoms with Crippen LogP contribution in [0.4, 0.5) is 0 Å². The lowest BCUT2D eigenvalue weighted by atomic mass is 9.82. The molecule has 3 nitrogen and oxygen atoms in total. The van der Waals surface area contributed by atoms with Crippen LogP contribution in [0.15, 0.2) is 535 Å². The molecule has 0 unspecified atom stereocenters. The van der Waals surface area contributed by atoms with Crippen LogP contribution in [0.1, 0.15) is 0 Å². The first-order valence-corrected chi connectivity index (χ1v) is 50.0. The van der Waals surface area contributed by atoms with Gasteiger partial charge in [0.15, 0.2) is 0 Å². The molecule has 0 saturated heterocycles. The van der Waals surface area contributed by atoms with E-state index in [0.717, 1.165) is 88.1 Å². The van der Waals surface area contributed by atoms with E-state index in [9.17, 15) is 0 Å². The summed E-state index contributed by atoms with van der Waals surface area (Å²) in [5.41, 5.74) is 27.2. The molecule has 31 rings (SSSR count). The molecule has 3 aromatic heterocycles. The minimum absolute atomic E-state index is 0.896. The summed E-state index contributed by atoms with van der Waals surface area (Å²) in [6, 6.07) is 189. The van der Waals surface area contributed by atoms with Gasteiger partial charge in [0.1, 0.15) is 33.5 Å². The molecule has 28 aromatic carbocycles. The van der Waals surface area contributed by atoms with Crippen LogP contribution < -0.4 is 0 Å².